The lowest BCUT2D eigenvalue weighted by atomic mass is 9.96. The highest BCUT2D eigenvalue weighted by Gasteiger charge is 2.19. The second-order valence-corrected chi connectivity index (χ2v) is 6.70. The number of nitrogens with one attached hydrogen (secondary N) is 1. The van der Waals surface area contributed by atoms with Gasteiger partial charge in [-0.1, -0.05) is 18.2 Å². The summed E-state index contributed by atoms with van der Waals surface area (Å²) in [6.07, 6.45) is 5.29. The van der Waals surface area contributed by atoms with E-state index >= 15 is 0 Å². The standard InChI is InChI=1S/C17H18N2OS/c1-10-4-6-15-13(5-7-14(15)12(10)3)8-16(20)19-17-18-9-11(2)21-17/h4-6,9H,7-8H2,1-3H3,(H,18,19,20). The summed E-state index contributed by atoms with van der Waals surface area (Å²) in [5.41, 5.74) is 6.37. The first-order valence-electron chi connectivity index (χ1n) is 7.05. The average Bonchev–Trinajstić information content (AvgIpc) is 3.01. The number of aromatic nitrogens is 1. The monoisotopic (exact) mass is 298 g/mol. The molecule has 0 unspecified atom stereocenters. The van der Waals surface area contributed by atoms with E-state index in [9.17, 15) is 4.79 Å². The van der Waals surface area contributed by atoms with E-state index in [1.807, 2.05) is 6.92 Å². The summed E-state index contributed by atoms with van der Waals surface area (Å²) in [5.74, 6) is 0.00155. The molecular weight excluding hydrogens is 280 g/mol. The number of rotatable bonds is 3. The number of nitrogens with zero attached hydrogens (tertiary/aromatic N) is 1. The Bertz CT molecular complexity index is 743. The van der Waals surface area contributed by atoms with Gasteiger partial charge in [-0.05, 0) is 55.0 Å². The molecule has 0 aliphatic heterocycles. The molecular formula is C17H18N2OS. The molecule has 1 aromatic heterocycles. The number of thiazole rings is 1. The van der Waals surface area contributed by atoms with E-state index in [4.69, 9.17) is 0 Å². The minimum absolute atomic E-state index is 0.00155. The van der Waals surface area contributed by atoms with Crippen LogP contribution in [0.1, 0.15) is 33.6 Å². The Balaban J connectivity index is 1.73. The lowest BCUT2D eigenvalue weighted by Crippen LogP contribution is -2.11. The molecule has 0 spiro atoms. The second-order valence-electron chi connectivity index (χ2n) is 5.47. The van der Waals surface area contributed by atoms with Crippen LogP contribution in [0, 0.1) is 20.8 Å². The molecule has 0 fully saturated rings. The lowest BCUT2D eigenvalue weighted by molar-refractivity contribution is -0.115. The summed E-state index contributed by atoms with van der Waals surface area (Å²) in [6, 6.07) is 4.27. The molecule has 3 nitrogen and oxygen atoms in total. The number of carbonyl (C=O) groups excluding carboxylic acids is 1. The SMILES string of the molecule is Cc1cnc(NC(=O)CC2=CCc3c2ccc(C)c3C)s1. The second kappa shape index (κ2) is 5.45. The summed E-state index contributed by atoms with van der Waals surface area (Å²) in [5, 5.41) is 3.55. The van der Waals surface area contributed by atoms with Crippen LogP contribution in [0.4, 0.5) is 5.13 Å². The third-order valence-corrected chi connectivity index (χ3v) is 4.81. The maximum absolute atomic E-state index is 12.2. The van der Waals surface area contributed by atoms with E-state index in [1.54, 1.807) is 6.20 Å². The van der Waals surface area contributed by atoms with Crippen LogP contribution in [0.2, 0.25) is 0 Å². The molecule has 1 amide bonds. The first-order valence-corrected chi connectivity index (χ1v) is 7.87. The maximum Gasteiger partial charge on any atom is 0.230 e. The number of carbonyl (C=O) groups is 1. The molecule has 1 aromatic carbocycles. The number of amides is 1. The fourth-order valence-electron chi connectivity index (χ4n) is 2.69. The Hall–Kier alpha value is -1.94. The van der Waals surface area contributed by atoms with Crippen LogP contribution < -0.4 is 5.32 Å². The Morgan fingerprint density at radius 3 is 2.86 bits per heavy atom. The van der Waals surface area contributed by atoms with Crippen molar-refractivity contribution in [3.63, 3.8) is 0 Å². The van der Waals surface area contributed by atoms with Crippen LogP contribution in [-0.4, -0.2) is 10.9 Å². The van der Waals surface area contributed by atoms with Gasteiger partial charge in [-0.25, -0.2) is 4.98 Å². The fraction of sp³-hybridized carbons (Fsp3) is 0.294. The van der Waals surface area contributed by atoms with E-state index in [0.717, 1.165) is 16.9 Å². The summed E-state index contributed by atoms with van der Waals surface area (Å²) >= 11 is 1.50. The van der Waals surface area contributed by atoms with Crippen molar-refractivity contribution in [1.82, 2.24) is 4.98 Å². The van der Waals surface area contributed by atoms with Gasteiger partial charge in [-0.2, -0.15) is 0 Å². The Morgan fingerprint density at radius 2 is 2.14 bits per heavy atom. The van der Waals surface area contributed by atoms with Gasteiger partial charge in [0.05, 0.1) is 6.42 Å². The third kappa shape index (κ3) is 2.76. The minimum atomic E-state index is 0.00155. The van der Waals surface area contributed by atoms with Gasteiger partial charge in [-0.3, -0.25) is 4.79 Å². The predicted octanol–water partition coefficient (Wildman–Crippen LogP) is 4.04. The number of aryl methyl sites for hydroxylation is 2. The average molecular weight is 298 g/mol. The highest BCUT2D eigenvalue weighted by molar-refractivity contribution is 7.15. The van der Waals surface area contributed by atoms with Gasteiger partial charge in [0.1, 0.15) is 0 Å². The van der Waals surface area contributed by atoms with E-state index < -0.39 is 0 Å². The van der Waals surface area contributed by atoms with Crippen LogP contribution >= 0.6 is 11.3 Å². The quantitative estimate of drug-likeness (QED) is 0.929. The van der Waals surface area contributed by atoms with Crippen LogP contribution in [0.15, 0.2) is 24.4 Å². The van der Waals surface area contributed by atoms with E-state index in [0.29, 0.717) is 11.6 Å². The zero-order valence-corrected chi connectivity index (χ0v) is 13.3. The first-order chi connectivity index (χ1) is 10.0. The van der Waals surface area contributed by atoms with Gasteiger partial charge < -0.3 is 5.32 Å². The normalized spacial score (nSPS) is 13.0. The van der Waals surface area contributed by atoms with Crippen molar-refractivity contribution in [1.29, 1.82) is 0 Å². The van der Waals surface area contributed by atoms with Crippen molar-refractivity contribution in [2.24, 2.45) is 0 Å². The van der Waals surface area contributed by atoms with Crippen molar-refractivity contribution < 1.29 is 4.79 Å². The summed E-state index contributed by atoms with van der Waals surface area (Å²) < 4.78 is 0. The van der Waals surface area contributed by atoms with Gasteiger partial charge in [0, 0.05) is 11.1 Å². The molecule has 21 heavy (non-hydrogen) atoms. The molecule has 4 heteroatoms. The molecule has 0 saturated heterocycles. The number of anilines is 1. The van der Waals surface area contributed by atoms with Gasteiger partial charge in [0.2, 0.25) is 5.91 Å². The van der Waals surface area contributed by atoms with Crippen molar-refractivity contribution in [2.45, 2.75) is 33.6 Å². The number of hydrogen-bond acceptors (Lipinski definition) is 3. The Kier molecular flexibility index (Phi) is 3.64. The minimum Gasteiger partial charge on any atom is -0.302 e. The first kappa shape index (κ1) is 14.0. The number of hydrogen-bond donors (Lipinski definition) is 1. The molecule has 0 bridgehead atoms. The Labute approximate surface area is 128 Å². The topological polar surface area (TPSA) is 42.0 Å². The molecule has 0 radical (unpaired) electrons. The predicted molar refractivity (Wildman–Crippen MR) is 87.7 cm³/mol. The number of benzene rings is 1. The van der Waals surface area contributed by atoms with Crippen molar-refractivity contribution in [3.05, 3.63) is 51.5 Å². The molecule has 2 aromatic rings. The molecule has 1 aliphatic rings. The van der Waals surface area contributed by atoms with Crippen LogP contribution in [-0.2, 0) is 11.2 Å². The highest BCUT2D eigenvalue weighted by Crippen LogP contribution is 2.33. The molecule has 1 aliphatic carbocycles. The van der Waals surface area contributed by atoms with E-state index in [2.05, 4.69) is 42.4 Å². The summed E-state index contributed by atoms with van der Waals surface area (Å²) in [6.45, 7) is 6.27. The molecule has 1 heterocycles. The zero-order valence-electron chi connectivity index (χ0n) is 12.5. The third-order valence-electron chi connectivity index (χ3n) is 3.99. The maximum atomic E-state index is 12.2. The highest BCUT2D eigenvalue weighted by atomic mass is 32.1. The van der Waals surface area contributed by atoms with Gasteiger partial charge in [0.15, 0.2) is 5.13 Å². The molecule has 0 saturated carbocycles. The smallest absolute Gasteiger partial charge is 0.230 e. The fourth-order valence-corrected chi connectivity index (χ4v) is 3.37. The van der Waals surface area contributed by atoms with E-state index in [1.165, 1.54) is 33.6 Å². The van der Waals surface area contributed by atoms with Gasteiger partial charge in [-0.15, -0.1) is 11.3 Å². The van der Waals surface area contributed by atoms with Gasteiger partial charge in [0.25, 0.3) is 0 Å². The number of allylic oxidation sites excluding steroid dienone is 1. The van der Waals surface area contributed by atoms with Crippen LogP contribution in [0.25, 0.3) is 5.57 Å². The van der Waals surface area contributed by atoms with Crippen LogP contribution in [0.5, 0.6) is 0 Å². The molecule has 108 valence electrons. The summed E-state index contributed by atoms with van der Waals surface area (Å²) in [4.78, 5) is 17.4. The summed E-state index contributed by atoms with van der Waals surface area (Å²) in [7, 11) is 0. The van der Waals surface area contributed by atoms with Crippen LogP contribution in [0.3, 0.4) is 0 Å². The van der Waals surface area contributed by atoms with Gasteiger partial charge >= 0.3 is 0 Å². The molecule has 3 rings (SSSR count). The molecule has 1 N–H and O–H groups in total. The number of fused-ring (bicyclic) bond motifs is 1. The Morgan fingerprint density at radius 1 is 1.33 bits per heavy atom. The molecule has 0 atom stereocenters. The van der Waals surface area contributed by atoms with Crippen molar-refractivity contribution in [3.8, 4) is 0 Å². The van der Waals surface area contributed by atoms with Crippen molar-refractivity contribution >= 4 is 27.9 Å². The largest absolute Gasteiger partial charge is 0.302 e. The van der Waals surface area contributed by atoms with Crippen molar-refractivity contribution in [2.75, 3.05) is 5.32 Å². The lowest BCUT2D eigenvalue weighted by Gasteiger charge is -2.10. The van der Waals surface area contributed by atoms with E-state index in [-0.39, 0.29) is 5.91 Å². The zero-order chi connectivity index (χ0) is 15.0.